The van der Waals surface area contributed by atoms with Gasteiger partial charge in [-0.1, -0.05) is 29.3 Å². The van der Waals surface area contributed by atoms with Gasteiger partial charge in [0, 0.05) is 24.2 Å². The zero-order valence-electron chi connectivity index (χ0n) is 18.6. The van der Waals surface area contributed by atoms with Gasteiger partial charge in [-0.05, 0) is 25.1 Å². The van der Waals surface area contributed by atoms with Crippen molar-refractivity contribution in [3.05, 3.63) is 57.8 Å². The average molecular weight is 543 g/mol. The largest absolute Gasteiger partial charge is 0.435 e. The number of guanidine groups is 1. The number of ether oxygens (including phenoxy) is 1. The number of hydrogen-bond acceptors (Lipinski definition) is 6. The van der Waals surface area contributed by atoms with Gasteiger partial charge in [0.2, 0.25) is 11.9 Å². The second kappa shape index (κ2) is 11.9. The Morgan fingerprint density at radius 1 is 1.36 bits per heavy atom. The number of rotatable bonds is 7. The van der Waals surface area contributed by atoms with Crippen molar-refractivity contribution < 1.29 is 27.8 Å². The van der Waals surface area contributed by atoms with Crippen LogP contribution in [-0.2, 0) is 4.79 Å². The Kier molecular flexibility index (Phi) is 8.98. The maximum Gasteiger partial charge on any atom is 0.387 e. The lowest BCUT2D eigenvalue weighted by atomic mass is 10.0. The van der Waals surface area contributed by atoms with Crippen LogP contribution in [0.4, 0.5) is 18.9 Å². The van der Waals surface area contributed by atoms with Gasteiger partial charge in [0.1, 0.15) is 18.2 Å². The number of carbonyl (C=O) groups excluding carboxylic acids is 1. The van der Waals surface area contributed by atoms with E-state index < -0.39 is 36.7 Å². The highest BCUT2D eigenvalue weighted by atomic mass is 35.5. The average Bonchev–Trinajstić information content (AvgIpc) is 3.25. The van der Waals surface area contributed by atoms with Gasteiger partial charge >= 0.3 is 6.61 Å². The van der Waals surface area contributed by atoms with E-state index in [2.05, 4.69) is 20.1 Å². The van der Waals surface area contributed by atoms with Crippen LogP contribution in [-0.4, -0.2) is 64.9 Å². The fourth-order valence-electron chi connectivity index (χ4n) is 3.54. The van der Waals surface area contributed by atoms with E-state index in [0.29, 0.717) is 16.3 Å². The van der Waals surface area contributed by atoms with Crippen molar-refractivity contribution in [2.24, 2.45) is 10.1 Å². The van der Waals surface area contributed by atoms with E-state index in [1.165, 1.54) is 9.91 Å². The summed E-state index contributed by atoms with van der Waals surface area (Å²) in [6.07, 6.45) is 1.69. The first-order valence-corrected chi connectivity index (χ1v) is 11.1. The maximum absolute atomic E-state index is 14.0. The topological polar surface area (TPSA) is 114 Å². The van der Waals surface area contributed by atoms with Crippen molar-refractivity contribution >= 4 is 46.5 Å². The van der Waals surface area contributed by atoms with E-state index >= 15 is 0 Å². The fourth-order valence-corrected chi connectivity index (χ4v) is 3.84. The first kappa shape index (κ1) is 27.1. The first-order chi connectivity index (χ1) is 17.2. The molecule has 36 heavy (non-hydrogen) atoms. The third-order valence-electron chi connectivity index (χ3n) is 5.01. The molecule has 3 rings (SSSR count). The molecule has 1 aliphatic heterocycles. The molecule has 1 heterocycles. The van der Waals surface area contributed by atoms with E-state index in [1.807, 2.05) is 0 Å². The van der Waals surface area contributed by atoms with Crippen molar-refractivity contribution in [3.8, 4) is 11.9 Å². The molecule has 0 unspecified atom stereocenters. The Balaban J connectivity index is 2.07. The van der Waals surface area contributed by atoms with Crippen LogP contribution in [0.5, 0.6) is 5.75 Å². The zero-order chi connectivity index (χ0) is 26.4. The monoisotopic (exact) mass is 542 g/mol. The van der Waals surface area contributed by atoms with Crippen LogP contribution in [0.2, 0.25) is 10.0 Å². The molecular formula is C22H19Cl2F3N6O3. The van der Waals surface area contributed by atoms with Crippen LogP contribution < -0.4 is 10.1 Å². The Morgan fingerprint density at radius 3 is 2.72 bits per heavy atom. The van der Waals surface area contributed by atoms with E-state index in [0.717, 1.165) is 18.2 Å². The molecule has 2 N–H and O–H groups in total. The smallest absolute Gasteiger partial charge is 0.387 e. The molecule has 2 aromatic rings. The molecule has 0 aliphatic carbocycles. The number of alkyl halides is 2. The normalized spacial score (nSPS) is 15.5. The van der Waals surface area contributed by atoms with E-state index in [9.17, 15) is 28.3 Å². The maximum atomic E-state index is 14.0. The summed E-state index contributed by atoms with van der Waals surface area (Å²) in [6.45, 7) is -2.01. The van der Waals surface area contributed by atoms with Gasteiger partial charge < -0.3 is 14.7 Å². The highest BCUT2D eigenvalue weighted by Gasteiger charge is 2.36. The minimum Gasteiger partial charge on any atom is -0.435 e. The van der Waals surface area contributed by atoms with E-state index in [4.69, 9.17) is 23.2 Å². The number of halogens is 5. The van der Waals surface area contributed by atoms with Crippen LogP contribution >= 0.6 is 23.2 Å². The lowest BCUT2D eigenvalue weighted by Gasteiger charge is -2.28. The summed E-state index contributed by atoms with van der Waals surface area (Å²) in [5.41, 5.74) is 0.721. The molecule has 2 aromatic carbocycles. The summed E-state index contributed by atoms with van der Waals surface area (Å²) in [5.74, 6) is -2.11. The quantitative estimate of drug-likeness (QED) is 0.238. The van der Waals surface area contributed by atoms with Gasteiger partial charge in [0.15, 0.2) is 6.19 Å². The number of amides is 1. The van der Waals surface area contributed by atoms with Crippen molar-refractivity contribution in [2.75, 3.05) is 19.7 Å². The standard InChI is InChI=1S/C22H19Cl2F3N6O3/c1-2-32(19(35)10-34)18-9-33(31-20(18)12-3-4-16(23)17(24)5-12)22(29-11-28)30-14-6-13(25)7-15(8-14)36-21(26)27/h3-8,18,21,34H,2,9-10H2,1H3,(H,29,30)/t18-/m0/s1. The minimum absolute atomic E-state index is 0.0155. The SMILES string of the molecule is CCN(C(=O)CO)[C@H]1CN(C(=Nc2cc(F)cc(OC(F)F)c2)NC#N)N=C1c1ccc(Cl)c(Cl)c1. The number of benzene rings is 2. The summed E-state index contributed by atoms with van der Waals surface area (Å²) in [6, 6.07) is 6.78. The highest BCUT2D eigenvalue weighted by Crippen LogP contribution is 2.28. The molecular weight excluding hydrogens is 524 g/mol. The fraction of sp³-hybridized carbons (Fsp3) is 0.273. The van der Waals surface area contributed by atoms with Crippen LogP contribution in [0.3, 0.4) is 0 Å². The lowest BCUT2D eigenvalue weighted by Crippen LogP contribution is -2.49. The summed E-state index contributed by atoms with van der Waals surface area (Å²) in [4.78, 5) is 17.9. The number of carbonyl (C=O) groups is 1. The number of hydrogen-bond donors (Lipinski definition) is 2. The molecule has 0 aromatic heterocycles. The summed E-state index contributed by atoms with van der Waals surface area (Å²) < 4.78 is 43.4. The second-order valence-electron chi connectivity index (χ2n) is 7.25. The van der Waals surface area contributed by atoms with Crippen molar-refractivity contribution in [1.29, 1.82) is 5.26 Å². The third kappa shape index (κ3) is 6.37. The number of aliphatic hydroxyl groups excluding tert-OH is 1. The Hall–Kier alpha value is -3.53. The number of nitriles is 1. The Morgan fingerprint density at radius 2 is 2.11 bits per heavy atom. The van der Waals surface area contributed by atoms with Gasteiger partial charge in [-0.3, -0.25) is 10.1 Å². The molecule has 14 heteroatoms. The third-order valence-corrected chi connectivity index (χ3v) is 5.75. The van der Waals surface area contributed by atoms with Crippen LogP contribution in [0.15, 0.2) is 46.5 Å². The van der Waals surface area contributed by atoms with E-state index in [1.54, 1.807) is 31.3 Å². The Bertz CT molecular complexity index is 1240. The van der Waals surface area contributed by atoms with Gasteiger partial charge in [0.05, 0.1) is 34.0 Å². The number of aliphatic hydroxyl groups is 1. The minimum atomic E-state index is -3.18. The van der Waals surface area contributed by atoms with Crippen molar-refractivity contribution in [1.82, 2.24) is 15.2 Å². The van der Waals surface area contributed by atoms with Crippen LogP contribution in [0.1, 0.15) is 12.5 Å². The summed E-state index contributed by atoms with van der Waals surface area (Å²) in [5, 5.41) is 27.3. The van der Waals surface area contributed by atoms with Crippen LogP contribution in [0.25, 0.3) is 0 Å². The number of likely N-dealkylation sites (N-methyl/N-ethyl adjacent to an activating group) is 1. The zero-order valence-corrected chi connectivity index (χ0v) is 20.1. The first-order valence-electron chi connectivity index (χ1n) is 10.4. The number of nitrogens with one attached hydrogen (secondary N) is 1. The number of hydrazone groups is 1. The lowest BCUT2D eigenvalue weighted by molar-refractivity contribution is -0.135. The van der Waals surface area contributed by atoms with Gasteiger partial charge in [-0.15, -0.1) is 0 Å². The summed E-state index contributed by atoms with van der Waals surface area (Å²) in [7, 11) is 0. The summed E-state index contributed by atoms with van der Waals surface area (Å²) >= 11 is 12.2. The molecule has 0 radical (unpaired) electrons. The van der Waals surface area contributed by atoms with Crippen molar-refractivity contribution in [3.63, 3.8) is 0 Å². The number of aliphatic imine (C=N–C) groups is 1. The van der Waals surface area contributed by atoms with E-state index in [-0.39, 0.29) is 29.8 Å². The Labute approximate surface area is 214 Å². The second-order valence-corrected chi connectivity index (χ2v) is 8.06. The predicted octanol–water partition coefficient (Wildman–Crippen LogP) is 3.72. The highest BCUT2D eigenvalue weighted by molar-refractivity contribution is 6.42. The molecule has 1 atom stereocenters. The molecule has 0 spiro atoms. The molecule has 9 nitrogen and oxygen atoms in total. The molecule has 0 fully saturated rings. The molecule has 0 saturated carbocycles. The van der Waals surface area contributed by atoms with Gasteiger partial charge in [-0.2, -0.15) is 19.1 Å². The van der Waals surface area contributed by atoms with Crippen molar-refractivity contribution in [2.45, 2.75) is 19.6 Å². The molecule has 0 saturated heterocycles. The van der Waals surface area contributed by atoms with Crippen LogP contribution in [0, 0.1) is 17.3 Å². The number of nitrogens with zero attached hydrogens (tertiary/aromatic N) is 5. The molecule has 1 amide bonds. The molecule has 0 bridgehead atoms. The van der Waals surface area contributed by atoms with Gasteiger partial charge in [0.25, 0.3) is 0 Å². The van der Waals surface area contributed by atoms with Gasteiger partial charge in [-0.25, -0.2) is 14.4 Å². The predicted molar refractivity (Wildman–Crippen MR) is 127 cm³/mol. The molecule has 1 aliphatic rings. The molecule has 190 valence electrons.